The van der Waals surface area contributed by atoms with Crippen molar-refractivity contribution in [2.24, 2.45) is 0 Å². The molecule has 4 N–H and O–H groups in total. The zero-order chi connectivity index (χ0) is 23.6. The van der Waals surface area contributed by atoms with Crippen LogP contribution in [0.25, 0.3) is 45.1 Å². The van der Waals surface area contributed by atoms with Gasteiger partial charge in [-0.1, -0.05) is 19.1 Å². The molecule has 0 aliphatic carbocycles. The third kappa shape index (κ3) is 4.50. The summed E-state index contributed by atoms with van der Waals surface area (Å²) in [6, 6.07) is 14.6. The number of aromatic nitrogens is 5. The van der Waals surface area contributed by atoms with Crippen LogP contribution in [0.4, 0.5) is 0 Å². The molecule has 0 saturated carbocycles. The second-order valence-electron chi connectivity index (χ2n) is 9.03. The van der Waals surface area contributed by atoms with E-state index in [2.05, 4.69) is 55.7 Å². The standard InChI is InChI=1S/C27H29N7O/c1-2-11-28-16-25-30-14-22(32-25)17-5-7-18(8-6-17)27-34-21-13-19(9-10-24(21)35-27)23-15-31-26(33-23)20-4-3-12-29-20/h5-10,13-15,20,28-29H,2-4,11-12,16H2,1H3,(H,30,32)(H,31,33)/t20-/m0/s1. The van der Waals surface area contributed by atoms with Crippen LogP contribution in [0, 0.1) is 0 Å². The molecular weight excluding hydrogens is 438 g/mol. The van der Waals surface area contributed by atoms with Crippen LogP contribution < -0.4 is 10.6 Å². The predicted octanol–water partition coefficient (Wildman–Crippen LogP) is 5.20. The number of fused-ring (bicyclic) bond motifs is 1. The van der Waals surface area contributed by atoms with Crippen molar-refractivity contribution in [1.29, 1.82) is 0 Å². The molecule has 5 aromatic rings. The van der Waals surface area contributed by atoms with Gasteiger partial charge in [0.25, 0.3) is 0 Å². The second kappa shape index (κ2) is 9.48. The number of nitrogens with one attached hydrogen (secondary N) is 4. The first-order chi connectivity index (χ1) is 17.3. The molecule has 4 heterocycles. The highest BCUT2D eigenvalue weighted by Crippen LogP contribution is 2.30. The van der Waals surface area contributed by atoms with Gasteiger partial charge in [-0.3, -0.25) is 0 Å². The maximum atomic E-state index is 6.06. The van der Waals surface area contributed by atoms with Crippen molar-refractivity contribution >= 4 is 11.1 Å². The quantitative estimate of drug-likeness (QED) is 0.234. The minimum atomic E-state index is 0.320. The topological polar surface area (TPSA) is 107 Å². The Morgan fingerprint density at radius 1 is 0.971 bits per heavy atom. The summed E-state index contributed by atoms with van der Waals surface area (Å²) < 4.78 is 6.06. The van der Waals surface area contributed by atoms with Gasteiger partial charge in [0.15, 0.2) is 5.58 Å². The number of H-pyrrole nitrogens is 2. The molecule has 6 rings (SSSR count). The monoisotopic (exact) mass is 467 g/mol. The minimum Gasteiger partial charge on any atom is -0.436 e. The first-order valence-electron chi connectivity index (χ1n) is 12.3. The normalized spacial score (nSPS) is 15.9. The van der Waals surface area contributed by atoms with Crippen molar-refractivity contribution in [2.45, 2.75) is 38.8 Å². The number of aromatic amines is 2. The van der Waals surface area contributed by atoms with Gasteiger partial charge in [-0.25, -0.2) is 15.0 Å². The van der Waals surface area contributed by atoms with Crippen LogP contribution in [0.3, 0.4) is 0 Å². The highest BCUT2D eigenvalue weighted by molar-refractivity contribution is 5.81. The zero-order valence-corrected chi connectivity index (χ0v) is 19.8. The van der Waals surface area contributed by atoms with E-state index in [-0.39, 0.29) is 0 Å². The first kappa shape index (κ1) is 21.8. The Kier molecular flexibility index (Phi) is 5.89. The minimum absolute atomic E-state index is 0.320. The highest BCUT2D eigenvalue weighted by atomic mass is 16.3. The number of hydrogen-bond donors (Lipinski definition) is 4. The van der Waals surface area contributed by atoms with Crippen LogP contribution in [0.1, 0.15) is 43.9 Å². The van der Waals surface area contributed by atoms with Gasteiger partial charge >= 0.3 is 0 Å². The van der Waals surface area contributed by atoms with E-state index in [1.807, 2.05) is 36.7 Å². The van der Waals surface area contributed by atoms with E-state index in [0.29, 0.717) is 11.9 Å². The second-order valence-corrected chi connectivity index (χ2v) is 9.03. The van der Waals surface area contributed by atoms with Gasteiger partial charge in [-0.2, -0.15) is 0 Å². The molecule has 0 bridgehead atoms. The summed E-state index contributed by atoms with van der Waals surface area (Å²) in [5.41, 5.74) is 6.65. The van der Waals surface area contributed by atoms with E-state index in [1.165, 1.54) is 6.42 Å². The number of benzene rings is 2. The summed E-state index contributed by atoms with van der Waals surface area (Å²) in [5.74, 6) is 2.55. The molecule has 3 aromatic heterocycles. The molecule has 35 heavy (non-hydrogen) atoms. The predicted molar refractivity (Wildman–Crippen MR) is 137 cm³/mol. The van der Waals surface area contributed by atoms with Crippen molar-refractivity contribution in [3.8, 4) is 34.0 Å². The molecule has 1 fully saturated rings. The number of nitrogens with zero attached hydrogens (tertiary/aromatic N) is 3. The third-order valence-corrected chi connectivity index (χ3v) is 6.47. The maximum Gasteiger partial charge on any atom is 0.227 e. The molecule has 178 valence electrons. The van der Waals surface area contributed by atoms with Gasteiger partial charge in [0.2, 0.25) is 5.89 Å². The zero-order valence-electron chi connectivity index (χ0n) is 19.8. The van der Waals surface area contributed by atoms with E-state index in [9.17, 15) is 0 Å². The third-order valence-electron chi connectivity index (χ3n) is 6.47. The van der Waals surface area contributed by atoms with Gasteiger partial charge in [0.1, 0.15) is 17.2 Å². The van der Waals surface area contributed by atoms with E-state index in [1.54, 1.807) is 0 Å². The van der Waals surface area contributed by atoms with E-state index >= 15 is 0 Å². The summed E-state index contributed by atoms with van der Waals surface area (Å²) in [4.78, 5) is 20.7. The molecule has 1 atom stereocenters. The molecule has 1 aliphatic heterocycles. The van der Waals surface area contributed by atoms with Crippen LogP contribution in [-0.2, 0) is 6.54 Å². The fraction of sp³-hybridized carbons (Fsp3) is 0.296. The van der Waals surface area contributed by atoms with Gasteiger partial charge in [0.05, 0.1) is 36.4 Å². The smallest absolute Gasteiger partial charge is 0.227 e. The Morgan fingerprint density at radius 2 is 1.77 bits per heavy atom. The maximum absolute atomic E-state index is 6.06. The molecule has 1 saturated heterocycles. The SMILES string of the molecule is CCCNCc1ncc(-c2ccc(-c3nc4cc(-c5cnc([C@@H]6CCCN6)[nH]5)ccc4o3)cc2)[nH]1. The van der Waals surface area contributed by atoms with Gasteiger partial charge in [0, 0.05) is 11.1 Å². The molecule has 8 nitrogen and oxygen atoms in total. The number of imidazole rings is 2. The molecule has 0 amide bonds. The lowest BCUT2D eigenvalue weighted by molar-refractivity contribution is 0.613. The van der Waals surface area contributed by atoms with E-state index < -0.39 is 0 Å². The lowest BCUT2D eigenvalue weighted by Crippen LogP contribution is -2.14. The summed E-state index contributed by atoms with van der Waals surface area (Å²) in [5, 5.41) is 6.85. The molecule has 1 aliphatic rings. The average molecular weight is 468 g/mol. The number of rotatable bonds is 8. The van der Waals surface area contributed by atoms with Crippen molar-refractivity contribution in [3.05, 3.63) is 66.5 Å². The summed E-state index contributed by atoms with van der Waals surface area (Å²) in [7, 11) is 0. The van der Waals surface area contributed by atoms with Crippen molar-refractivity contribution in [3.63, 3.8) is 0 Å². The molecule has 0 unspecified atom stereocenters. The average Bonchev–Trinajstić information content (AvgIpc) is 3.69. The molecule has 0 spiro atoms. The summed E-state index contributed by atoms with van der Waals surface area (Å²) >= 11 is 0. The van der Waals surface area contributed by atoms with Gasteiger partial charge < -0.3 is 25.0 Å². The summed E-state index contributed by atoms with van der Waals surface area (Å²) in [6.45, 7) is 4.93. The van der Waals surface area contributed by atoms with Crippen LogP contribution in [-0.4, -0.2) is 38.0 Å². The molecule has 0 radical (unpaired) electrons. The van der Waals surface area contributed by atoms with Crippen molar-refractivity contribution in [2.75, 3.05) is 13.1 Å². The highest BCUT2D eigenvalue weighted by Gasteiger charge is 2.19. The van der Waals surface area contributed by atoms with Crippen molar-refractivity contribution < 1.29 is 4.42 Å². The fourth-order valence-corrected chi connectivity index (χ4v) is 4.57. The van der Waals surface area contributed by atoms with E-state index in [0.717, 1.165) is 83.3 Å². The summed E-state index contributed by atoms with van der Waals surface area (Å²) in [6.07, 6.45) is 7.19. The Bertz CT molecular complexity index is 1420. The van der Waals surface area contributed by atoms with E-state index in [4.69, 9.17) is 9.40 Å². The number of oxazole rings is 1. The van der Waals surface area contributed by atoms with Crippen molar-refractivity contribution in [1.82, 2.24) is 35.6 Å². The molecular formula is C27H29N7O. The Balaban J connectivity index is 1.20. The molecule has 2 aromatic carbocycles. The largest absolute Gasteiger partial charge is 0.436 e. The first-order valence-corrected chi connectivity index (χ1v) is 12.3. The van der Waals surface area contributed by atoms with Gasteiger partial charge in [-0.15, -0.1) is 0 Å². The number of hydrogen-bond acceptors (Lipinski definition) is 6. The van der Waals surface area contributed by atoms with Crippen LogP contribution in [0.5, 0.6) is 0 Å². The lowest BCUT2D eigenvalue weighted by atomic mass is 10.1. The van der Waals surface area contributed by atoms with Crippen LogP contribution >= 0.6 is 0 Å². The van der Waals surface area contributed by atoms with Gasteiger partial charge in [-0.05, 0) is 68.2 Å². The van der Waals surface area contributed by atoms with Crippen LogP contribution in [0.15, 0.2) is 59.3 Å². The Morgan fingerprint density at radius 3 is 2.60 bits per heavy atom. The Hall–Kier alpha value is -3.75. The fourth-order valence-electron chi connectivity index (χ4n) is 4.57. The Labute approximate surface area is 203 Å². The van der Waals surface area contributed by atoms with Crippen LogP contribution in [0.2, 0.25) is 0 Å². The molecule has 8 heteroatoms. The lowest BCUT2D eigenvalue weighted by Gasteiger charge is -2.05.